The van der Waals surface area contributed by atoms with E-state index >= 15 is 0 Å². The van der Waals surface area contributed by atoms with E-state index in [2.05, 4.69) is 70.5 Å². The van der Waals surface area contributed by atoms with Gasteiger partial charge in [0.25, 0.3) is 0 Å². The fraction of sp³-hybridized carbons (Fsp3) is 0.182. The van der Waals surface area contributed by atoms with Crippen LogP contribution in [0.2, 0.25) is 5.28 Å². The third-order valence-corrected chi connectivity index (χ3v) is 5.74. The summed E-state index contributed by atoms with van der Waals surface area (Å²) >= 11 is 7.87. The molecule has 4 rings (SSSR count). The molecule has 2 aromatic heterocycles. The second-order valence-electron chi connectivity index (χ2n) is 6.28. The molecule has 0 aliphatic rings. The highest BCUT2D eigenvalue weighted by atomic mass is 35.5. The summed E-state index contributed by atoms with van der Waals surface area (Å²) in [6.07, 6.45) is 1.03. The lowest BCUT2D eigenvalue weighted by Crippen LogP contribution is -2.18. The van der Waals surface area contributed by atoms with Crippen LogP contribution in [0.25, 0.3) is 21.3 Å². The van der Waals surface area contributed by atoms with E-state index in [0.717, 1.165) is 40.3 Å². The van der Waals surface area contributed by atoms with Gasteiger partial charge in [-0.2, -0.15) is 4.98 Å². The predicted molar refractivity (Wildman–Crippen MR) is 116 cm³/mol. The minimum absolute atomic E-state index is 0.279. The van der Waals surface area contributed by atoms with Gasteiger partial charge in [0.15, 0.2) is 0 Å². The Morgan fingerprint density at radius 3 is 2.37 bits per heavy atom. The summed E-state index contributed by atoms with van der Waals surface area (Å²) < 4.78 is 0. The van der Waals surface area contributed by atoms with Crippen molar-refractivity contribution in [2.24, 2.45) is 0 Å². The molecule has 0 aliphatic heterocycles. The first-order valence-electron chi connectivity index (χ1n) is 9.08. The lowest BCUT2D eigenvalue weighted by atomic mass is 10.0. The Balaban J connectivity index is 1.93. The maximum Gasteiger partial charge on any atom is 0.225 e. The Kier molecular flexibility index (Phi) is 5.10. The quantitative estimate of drug-likeness (QED) is 0.352. The average molecular weight is 394 g/mol. The van der Waals surface area contributed by atoms with Crippen molar-refractivity contribution in [1.82, 2.24) is 9.97 Å². The van der Waals surface area contributed by atoms with Crippen molar-refractivity contribution in [3.63, 3.8) is 0 Å². The minimum atomic E-state index is 0.279. The van der Waals surface area contributed by atoms with Gasteiger partial charge in [-0.3, -0.25) is 0 Å². The molecule has 0 saturated heterocycles. The molecule has 3 nitrogen and oxygen atoms in total. The van der Waals surface area contributed by atoms with E-state index < -0.39 is 0 Å². The van der Waals surface area contributed by atoms with Gasteiger partial charge in [-0.15, -0.1) is 11.3 Å². The third-order valence-electron chi connectivity index (χ3n) is 4.70. The molecular weight excluding hydrogens is 374 g/mol. The number of halogens is 1. The van der Waals surface area contributed by atoms with Gasteiger partial charge >= 0.3 is 0 Å². The van der Waals surface area contributed by atoms with Crippen LogP contribution in [0.15, 0.2) is 60.0 Å². The zero-order chi connectivity index (χ0) is 18.8. The smallest absolute Gasteiger partial charge is 0.225 e. The number of anilines is 2. The Hall–Kier alpha value is -2.43. The SMILES string of the molecule is CCc1ccc(-c2csc3nc(Cl)nc(N(CC)c4ccccc4)c23)cc1. The molecule has 0 spiro atoms. The van der Waals surface area contributed by atoms with Crippen LogP contribution in [0.1, 0.15) is 19.4 Å². The highest BCUT2D eigenvalue weighted by molar-refractivity contribution is 7.17. The van der Waals surface area contributed by atoms with E-state index in [1.165, 1.54) is 11.1 Å². The van der Waals surface area contributed by atoms with E-state index in [9.17, 15) is 0 Å². The van der Waals surface area contributed by atoms with Crippen LogP contribution in [0, 0.1) is 0 Å². The molecule has 4 aromatic rings. The largest absolute Gasteiger partial charge is 0.326 e. The van der Waals surface area contributed by atoms with Gasteiger partial charge < -0.3 is 4.90 Å². The zero-order valence-electron chi connectivity index (χ0n) is 15.3. The minimum Gasteiger partial charge on any atom is -0.326 e. The number of fused-ring (bicyclic) bond motifs is 1. The van der Waals surface area contributed by atoms with Crippen molar-refractivity contribution in [1.29, 1.82) is 0 Å². The standard InChI is InChI=1S/C22H20ClN3S/c1-3-15-10-12-16(13-11-15)18-14-27-21-19(18)20(24-22(23)25-21)26(4-2)17-8-6-5-7-9-17/h5-14H,3-4H2,1-2H3. The number of hydrogen-bond donors (Lipinski definition) is 0. The van der Waals surface area contributed by atoms with Gasteiger partial charge in [0.2, 0.25) is 5.28 Å². The van der Waals surface area contributed by atoms with Crippen LogP contribution in [0.4, 0.5) is 11.5 Å². The third kappa shape index (κ3) is 3.43. The summed E-state index contributed by atoms with van der Waals surface area (Å²) in [4.78, 5) is 12.2. The Morgan fingerprint density at radius 2 is 1.70 bits per heavy atom. The molecule has 0 bridgehead atoms. The van der Waals surface area contributed by atoms with Crippen molar-refractivity contribution in [3.05, 3.63) is 70.8 Å². The summed E-state index contributed by atoms with van der Waals surface area (Å²) in [5, 5.41) is 3.49. The van der Waals surface area contributed by atoms with Gasteiger partial charge in [0, 0.05) is 23.2 Å². The maximum atomic E-state index is 6.26. The second kappa shape index (κ2) is 7.67. The van der Waals surface area contributed by atoms with E-state index in [4.69, 9.17) is 11.6 Å². The Morgan fingerprint density at radius 1 is 0.963 bits per heavy atom. The van der Waals surface area contributed by atoms with E-state index in [-0.39, 0.29) is 5.28 Å². The molecule has 0 radical (unpaired) electrons. The summed E-state index contributed by atoms with van der Waals surface area (Å²) in [5.41, 5.74) is 4.75. The molecule has 27 heavy (non-hydrogen) atoms. The summed E-state index contributed by atoms with van der Waals surface area (Å²) in [7, 11) is 0. The Bertz CT molecular complexity index is 1060. The van der Waals surface area contributed by atoms with Crippen LogP contribution in [0.3, 0.4) is 0 Å². The fourth-order valence-corrected chi connectivity index (χ4v) is 4.44. The first kappa shape index (κ1) is 18.0. The highest BCUT2D eigenvalue weighted by Gasteiger charge is 2.19. The van der Waals surface area contributed by atoms with Crippen molar-refractivity contribution < 1.29 is 0 Å². The van der Waals surface area contributed by atoms with Crippen LogP contribution >= 0.6 is 22.9 Å². The van der Waals surface area contributed by atoms with Crippen LogP contribution < -0.4 is 4.90 Å². The van der Waals surface area contributed by atoms with Crippen LogP contribution in [-0.4, -0.2) is 16.5 Å². The van der Waals surface area contributed by atoms with E-state index in [0.29, 0.717) is 0 Å². The monoisotopic (exact) mass is 393 g/mol. The number of aryl methyl sites for hydroxylation is 1. The molecule has 0 atom stereocenters. The first-order chi connectivity index (χ1) is 13.2. The van der Waals surface area contributed by atoms with Crippen molar-refractivity contribution in [2.75, 3.05) is 11.4 Å². The number of rotatable bonds is 5. The number of benzene rings is 2. The molecule has 5 heteroatoms. The molecule has 0 fully saturated rings. The first-order valence-corrected chi connectivity index (χ1v) is 10.3. The number of para-hydroxylation sites is 1. The molecule has 2 heterocycles. The van der Waals surface area contributed by atoms with E-state index in [1.807, 2.05) is 18.2 Å². The van der Waals surface area contributed by atoms with Gasteiger partial charge in [-0.25, -0.2) is 4.98 Å². The van der Waals surface area contributed by atoms with Gasteiger partial charge in [0.1, 0.15) is 10.6 Å². The van der Waals surface area contributed by atoms with Crippen LogP contribution in [-0.2, 0) is 6.42 Å². The lowest BCUT2D eigenvalue weighted by Gasteiger charge is -2.23. The molecule has 0 amide bonds. The normalized spacial score (nSPS) is 11.1. The number of hydrogen-bond acceptors (Lipinski definition) is 4. The van der Waals surface area contributed by atoms with E-state index in [1.54, 1.807) is 11.3 Å². The Labute approximate surface area is 168 Å². The number of thiophene rings is 1. The molecule has 0 saturated carbocycles. The molecule has 0 unspecified atom stereocenters. The van der Waals surface area contributed by atoms with Gasteiger partial charge in [0.05, 0.1) is 5.39 Å². The van der Waals surface area contributed by atoms with Gasteiger partial charge in [-0.05, 0) is 48.2 Å². The zero-order valence-corrected chi connectivity index (χ0v) is 16.9. The molecule has 136 valence electrons. The van der Waals surface area contributed by atoms with Crippen molar-refractivity contribution in [2.45, 2.75) is 20.3 Å². The number of nitrogens with zero attached hydrogens (tertiary/aromatic N) is 3. The molecule has 0 aliphatic carbocycles. The molecule has 2 aromatic carbocycles. The average Bonchev–Trinajstić information content (AvgIpc) is 3.13. The summed E-state index contributed by atoms with van der Waals surface area (Å²) in [5.74, 6) is 0.856. The van der Waals surface area contributed by atoms with Crippen molar-refractivity contribution >= 4 is 44.7 Å². The second-order valence-corrected chi connectivity index (χ2v) is 7.47. The maximum absolute atomic E-state index is 6.26. The fourth-order valence-electron chi connectivity index (χ4n) is 3.29. The summed E-state index contributed by atoms with van der Waals surface area (Å²) in [6, 6.07) is 19.0. The van der Waals surface area contributed by atoms with Crippen molar-refractivity contribution in [3.8, 4) is 11.1 Å². The highest BCUT2D eigenvalue weighted by Crippen LogP contribution is 2.40. The summed E-state index contributed by atoms with van der Waals surface area (Å²) in [6.45, 7) is 5.08. The number of aromatic nitrogens is 2. The van der Waals surface area contributed by atoms with Gasteiger partial charge in [-0.1, -0.05) is 49.4 Å². The molecule has 0 N–H and O–H groups in total. The molecular formula is C22H20ClN3S. The predicted octanol–water partition coefficient (Wildman–Crippen LogP) is 6.73. The van der Waals surface area contributed by atoms with Crippen LogP contribution in [0.5, 0.6) is 0 Å². The lowest BCUT2D eigenvalue weighted by molar-refractivity contribution is 0.991. The topological polar surface area (TPSA) is 29.0 Å².